The molecule has 3 nitrogen and oxygen atoms in total. The second-order valence-corrected chi connectivity index (χ2v) is 6.18. The fourth-order valence-electron chi connectivity index (χ4n) is 2.92. The lowest BCUT2D eigenvalue weighted by molar-refractivity contribution is -0.120. The molecule has 0 heterocycles. The Morgan fingerprint density at radius 2 is 1.85 bits per heavy atom. The van der Waals surface area contributed by atoms with Crippen LogP contribution in [0.2, 0.25) is 0 Å². The van der Waals surface area contributed by atoms with Crippen molar-refractivity contribution in [2.75, 3.05) is 12.3 Å². The first-order valence-corrected chi connectivity index (χ1v) is 7.74. The van der Waals surface area contributed by atoms with E-state index in [0.717, 1.165) is 36.1 Å². The lowest BCUT2D eigenvalue weighted by atomic mass is 9.81. The summed E-state index contributed by atoms with van der Waals surface area (Å²) < 4.78 is 0. The molecular weight excluding hydrogens is 248 g/mol. The van der Waals surface area contributed by atoms with Crippen molar-refractivity contribution in [3.8, 4) is 0 Å². The van der Waals surface area contributed by atoms with E-state index in [1.54, 1.807) is 0 Å². The van der Waals surface area contributed by atoms with Gasteiger partial charge in [0.25, 0.3) is 0 Å². The number of nitrogens with one attached hydrogen (secondary N) is 1. The minimum absolute atomic E-state index is 0.110. The van der Waals surface area contributed by atoms with Crippen LogP contribution in [0, 0.1) is 11.8 Å². The lowest BCUT2D eigenvalue weighted by Crippen LogP contribution is -2.28. The van der Waals surface area contributed by atoms with Crippen molar-refractivity contribution in [3.63, 3.8) is 0 Å². The molecule has 1 amide bonds. The number of nitrogen functional groups attached to an aromatic ring is 1. The van der Waals surface area contributed by atoms with Crippen molar-refractivity contribution in [1.82, 2.24) is 5.32 Å². The summed E-state index contributed by atoms with van der Waals surface area (Å²) in [4.78, 5) is 11.8. The maximum Gasteiger partial charge on any atom is 0.224 e. The summed E-state index contributed by atoms with van der Waals surface area (Å²) in [5.74, 6) is 1.81. The molecule has 3 heteroatoms. The molecule has 0 unspecified atom stereocenters. The Morgan fingerprint density at radius 3 is 2.50 bits per heavy atom. The molecule has 1 aromatic carbocycles. The monoisotopic (exact) mass is 274 g/mol. The Bertz CT molecular complexity index is 419. The van der Waals surface area contributed by atoms with E-state index in [1.807, 2.05) is 24.3 Å². The van der Waals surface area contributed by atoms with E-state index in [1.165, 1.54) is 25.7 Å². The minimum Gasteiger partial charge on any atom is -0.399 e. The van der Waals surface area contributed by atoms with Gasteiger partial charge in [0.2, 0.25) is 5.91 Å². The van der Waals surface area contributed by atoms with E-state index >= 15 is 0 Å². The zero-order chi connectivity index (χ0) is 14.4. The molecule has 110 valence electrons. The minimum atomic E-state index is 0.110. The quantitative estimate of drug-likeness (QED) is 0.810. The van der Waals surface area contributed by atoms with Crippen LogP contribution in [0.1, 0.15) is 44.6 Å². The second kappa shape index (κ2) is 7.32. The molecule has 0 aliphatic heterocycles. The van der Waals surface area contributed by atoms with Crippen LogP contribution in [-0.4, -0.2) is 12.5 Å². The number of carbonyl (C=O) groups excluding carboxylic acids is 1. The highest BCUT2D eigenvalue weighted by atomic mass is 16.1. The van der Waals surface area contributed by atoms with Crippen LogP contribution in [0.3, 0.4) is 0 Å². The average Bonchev–Trinajstić information content (AvgIpc) is 2.44. The summed E-state index contributed by atoms with van der Waals surface area (Å²) >= 11 is 0. The Labute approximate surface area is 121 Å². The van der Waals surface area contributed by atoms with Crippen LogP contribution < -0.4 is 11.1 Å². The van der Waals surface area contributed by atoms with Crippen LogP contribution >= 0.6 is 0 Å². The van der Waals surface area contributed by atoms with Crippen molar-refractivity contribution in [2.24, 2.45) is 11.8 Å². The summed E-state index contributed by atoms with van der Waals surface area (Å²) in [5, 5.41) is 3.03. The molecule has 1 aromatic rings. The number of carbonyl (C=O) groups is 1. The summed E-state index contributed by atoms with van der Waals surface area (Å²) in [6.45, 7) is 3.15. The molecule has 0 bridgehead atoms. The van der Waals surface area contributed by atoms with E-state index in [9.17, 15) is 4.79 Å². The number of hydrogen-bond donors (Lipinski definition) is 2. The molecule has 1 aliphatic carbocycles. The Morgan fingerprint density at radius 1 is 1.20 bits per heavy atom. The van der Waals surface area contributed by atoms with Gasteiger partial charge in [-0.3, -0.25) is 4.79 Å². The Kier molecular flexibility index (Phi) is 5.45. The number of rotatable bonds is 5. The van der Waals surface area contributed by atoms with Gasteiger partial charge in [-0.1, -0.05) is 44.7 Å². The summed E-state index contributed by atoms with van der Waals surface area (Å²) in [6.07, 6.45) is 6.93. The molecule has 0 aromatic heterocycles. The van der Waals surface area contributed by atoms with Gasteiger partial charge in [-0.25, -0.2) is 0 Å². The molecule has 0 radical (unpaired) electrons. The topological polar surface area (TPSA) is 55.1 Å². The van der Waals surface area contributed by atoms with E-state index < -0.39 is 0 Å². The summed E-state index contributed by atoms with van der Waals surface area (Å²) in [5.41, 5.74) is 7.38. The van der Waals surface area contributed by atoms with Crippen LogP contribution in [0.5, 0.6) is 0 Å². The molecule has 20 heavy (non-hydrogen) atoms. The van der Waals surface area contributed by atoms with Gasteiger partial charge in [0, 0.05) is 12.2 Å². The van der Waals surface area contributed by atoms with E-state index in [-0.39, 0.29) is 5.91 Å². The van der Waals surface area contributed by atoms with Gasteiger partial charge in [0.05, 0.1) is 6.42 Å². The van der Waals surface area contributed by atoms with Crippen LogP contribution in [0.4, 0.5) is 5.69 Å². The third-order valence-electron chi connectivity index (χ3n) is 4.35. The predicted octanol–water partition coefficient (Wildman–Crippen LogP) is 3.14. The Hall–Kier alpha value is -1.51. The molecule has 0 spiro atoms. The first kappa shape index (κ1) is 14.9. The molecule has 0 atom stereocenters. The molecule has 1 fully saturated rings. The van der Waals surface area contributed by atoms with E-state index in [4.69, 9.17) is 5.73 Å². The third kappa shape index (κ3) is 4.87. The molecular formula is C17H26N2O. The standard InChI is InChI=1S/C17H26N2O/c1-13-2-4-14(5-3-13)10-11-19-17(20)12-15-6-8-16(18)9-7-15/h6-9,13-14H,2-5,10-12,18H2,1H3,(H,19,20). The molecule has 1 saturated carbocycles. The zero-order valence-electron chi connectivity index (χ0n) is 12.4. The maximum absolute atomic E-state index is 11.8. The van der Waals surface area contributed by atoms with Gasteiger partial charge in [-0.05, 0) is 36.0 Å². The van der Waals surface area contributed by atoms with Crippen LogP contribution in [0.25, 0.3) is 0 Å². The van der Waals surface area contributed by atoms with Crippen LogP contribution in [0.15, 0.2) is 24.3 Å². The van der Waals surface area contributed by atoms with Crippen molar-refractivity contribution >= 4 is 11.6 Å². The van der Waals surface area contributed by atoms with Crippen molar-refractivity contribution in [3.05, 3.63) is 29.8 Å². The summed E-state index contributed by atoms with van der Waals surface area (Å²) in [7, 11) is 0. The lowest BCUT2D eigenvalue weighted by Gasteiger charge is -2.26. The van der Waals surface area contributed by atoms with Gasteiger partial charge >= 0.3 is 0 Å². The van der Waals surface area contributed by atoms with Crippen molar-refractivity contribution in [2.45, 2.75) is 45.4 Å². The van der Waals surface area contributed by atoms with Gasteiger partial charge < -0.3 is 11.1 Å². The number of amides is 1. The number of benzene rings is 1. The third-order valence-corrected chi connectivity index (χ3v) is 4.35. The maximum atomic E-state index is 11.8. The largest absolute Gasteiger partial charge is 0.399 e. The molecule has 3 N–H and O–H groups in total. The van der Waals surface area contributed by atoms with Gasteiger partial charge in [-0.2, -0.15) is 0 Å². The zero-order valence-corrected chi connectivity index (χ0v) is 12.4. The number of nitrogens with two attached hydrogens (primary N) is 1. The highest BCUT2D eigenvalue weighted by Gasteiger charge is 2.17. The second-order valence-electron chi connectivity index (χ2n) is 6.18. The Balaban J connectivity index is 1.64. The van der Waals surface area contributed by atoms with E-state index in [2.05, 4.69) is 12.2 Å². The summed E-state index contributed by atoms with van der Waals surface area (Å²) in [6, 6.07) is 7.51. The highest BCUT2D eigenvalue weighted by molar-refractivity contribution is 5.78. The smallest absolute Gasteiger partial charge is 0.224 e. The van der Waals surface area contributed by atoms with Gasteiger partial charge in [0.15, 0.2) is 0 Å². The fourth-order valence-corrected chi connectivity index (χ4v) is 2.92. The normalized spacial score (nSPS) is 22.4. The van der Waals surface area contributed by atoms with Gasteiger partial charge in [-0.15, -0.1) is 0 Å². The van der Waals surface area contributed by atoms with Crippen molar-refractivity contribution in [1.29, 1.82) is 0 Å². The number of anilines is 1. The van der Waals surface area contributed by atoms with Crippen molar-refractivity contribution < 1.29 is 4.79 Å². The number of hydrogen-bond acceptors (Lipinski definition) is 2. The molecule has 1 aliphatic rings. The first-order chi connectivity index (χ1) is 9.63. The fraction of sp³-hybridized carbons (Fsp3) is 0.588. The molecule has 2 rings (SSSR count). The SMILES string of the molecule is CC1CCC(CCNC(=O)Cc2ccc(N)cc2)CC1. The highest BCUT2D eigenvalue weighted by Crippen LogP contribution is 2.29. The predicted molar refractivity (Wildman–Crippen MR) is 83.3 cm³/mol. The molecule has 0 saturated heterocycles. The first-order valence-electron chi connectivity index (χ1n) is 7.74. The van der Waals surface area contributed by atoms with Crippen LogP contribution in [-0.2, 0) is 11.2 Å². The van der Waals surface area contributed by atoms with E-state index in [0.29, 0.717) is 6.42 Å². The average molecular weight is 274 g/mol. The van der Waals surface area contributed by atoms with Gasteiger partial charge in [0.1, 0.15) is 0 Å².